The topological polar surface area (TPSA) is 98.7 Å². The second kappa shape index (κ2) is 8.56. The fourth-order valence-electron chi connectivity index (χ4n) is 3.35. The highest BCUT2D eigenvalue weighted by Crippen LogP contribution is 2.33. The zero-order valence-electron chi connectivity index (χ0n) is 17.3. The number of amides is 1. The van der Waals surface area contributed by atoms with Gasteiger partial charge < -0.3 is 9.73 Å². The van der Waals surface area contributed by atoms with Crippen molar-refractivity contribution in [1.29, 1.82) is 0 Å². The van der Waals surface area contributed by atoms with Crippen LogP contribution in [-0.4, -0.2) is 31.1 Å². The lowest BCUT2D eigenvalue weighted by atomic mass is 10.1. The molecule has 0 aliphatic carbocycles. The van der Waals surface area contributed by atoms with Crippen molar-refractivity contribution in [2.24, 2.45) is 0 Å². The number of rotatable bonds is 6. The number of hydrogen-bond donors (Lipinski definition) is 1. The molecule has 0 aliphatic rings. The summed E-state index contributed by atoms with van der Waals surface area (Å²) < 4.78 is 8.49. The van der Waals surface area contributed by atoms with Gasteiger partial charge in [0.1, 0.15) is 16.2 Å². The predicted molar refractivity (Wildman–Crippen MR) is 124 cm³/mol. The molecular weight excluding hydrogens is 444 g/mol. The Bertz CT molecular complexity index is 1410. The van der Waals surface area contributed by atoms with E-state index in [0.717, 1.165) is 32.2 Å². The molecule has 0 saturated heterocycles. The van der Waals surface area contributed by atoms with E-state index in [4.69, 9.17) is 4.42 Å². The normalized spacial score (nSPS) is 11.2. The lowest BCUT2D eigenvalue weighted by Gasteiger charge is -2.09. The molecule has 2 aromatic carbocycles. The Kier molecular flexibility index (Phi) is 5.46. The fourth-order valence-corrected chi connectivity index (χ4v) is 5.23. The molecule has 32 heavy (non-hydrogen) atoms. The molecule has 3 heterocycles. The summed E-state index contributed by atoms with van der Waals surface area (Å²) in [4.78, 5) is 17.7. The Hall–Kier alpha value is -3.50. The van der Waals surface area contributed by atoms with Gasteiger partial charge in [-0.05, 0) is 48.0 Å². The molecule has 0 spiro atoms. The van der Waals surface area contributed by atoms with Crippen molar-refractivity contribution in [3.05, 3.63) is 76.8 Å². The maximum atomic E-state index is 13.2. The highest BCUT2D eigenvalue weighted by Gasteiger charge is 2.21. The van der Waals surface area contributed by atoms with Gasteiger partial charge in [-0.25, -0.2) is 9.67 Å². The monoisotopic (exact) mass is 462 g/mol. The summed E-state index contributed by atoms with van der Waals surface area (Å²) in [6, 6.07) is 13.3. The summed E-state index contributed by atoms with van der Waals surface area (Å²) in [5.41, 5.74) is 4.92. The Balaban J connectivity index is 1.45. The number of fused-ring (bicyclic) bond motifs is 1. The van der Waals surface area contributed by atoms with Crippen LogP contribution in [0.3, 0.4) is 0 Å². The molecule has 160 valence electrons. The second-order valence-corrected chi connectivity index (χ2v) is 9.24. The second-order valence-electron chi connectivity index (χ2n) is 7.16. The van der Waals surface area contributed by atoms with Gasteiger partial charge in [0.15, 0.2) is 5.76 Å². The molecule has 1 N–H and O–H groups in total. The van der Waals surface area contributed by atoms with Crippen molar-refractivity contribution >= 4 is 45.7 Å². The van der Waals surface area contributed by atoms with Crippen molar-refractivity contribution in [2.75, 3.05) is 5.32 Å². The zero-order valence-corrected chi connectivity index (χ0v) is 18.9. The van der Waals surface area contributed by atoms with Crippen molar-refractivity contribution in [2.45, 2.75) is 23.9 Å². The van der Waals surface area contributed by atoms with Crippen LogP contribution in [-0.2, 0) is 5.75 Å². The molecule has 0 aliphatic heterocycles. The third-order valence-corrected chi connectivity index (χ3v) is 7.07. The first-order valence-corrected chi connectivity index (χ1v) is 11.7. The largest absolute Gasteiger partial charge is 0.451 e. The molecule has 10 heteroatoms. The third-order valence-electron chi connectivity index (χ3n) is 4.91. The molecule has 0 fully saturated rings. The summed E-state index contributed by atoms with van der Waals surface area (Å²) in [5.74, 6) is 0.575. The minimum absolute atomic E-state index is 0.302. The third kappa shape index (κ3) is 4.02. The van der Waals surface area contributed by atoms with Crippen molar-refractivity contribution in [3.63, 3.8) is 0 Å². The van der Waals surface area contributed by atoms with Gasteiger partial charge in [-0.1, -0.05) is 36.0 Å². The van der Waals surface area contributed by atoms with E-state index < -0.39 is 0 Å². The van der Waals surface area contributed by atoms with Crippen molar-refractivity contribution in [3.8, 4) is 5.69 Å². The van der Waals surface area contributed by atoms with Crippen LogP contribution >= 0.6 is 23.1 Å². The Morgan fingerprint density at radius 1 is 1.22 bits per heavy atom. The first-order valence-electron chi connectivity index (χ1n) is 9.79. The number of furan rings is 1. The number of aromatic nitrogens is 5. The highest BCUT2D eigenvalue weighted by atomic mass is 32.2. The lowest BCUT2D eigenvalue weighted by Crippen LogP contribution is -2.13. The van der Waals surface area contributed by atoms with E-state index in [9.17, 15) is 4.79 Å². The van der Waals surface area contributed by atoms with E-state index in [0.29, 0.717) is 22.8 Å². The van der Waals surface area contributed by atoms with E-state index >= 15 is 0 Å². The Morgan fingerprint density at radius 2 is 2.09 bits per heavy atom. The summed E-state index contributed by atoms with van der Waals surface area (Å²) in [6.07, 6.45) is 1.52. The number of anilines is 1. The molecule has 0 saturated carbocycles. The van der Waals surface area contributed by atoms with Crippen LogP contribution in [0.4, 0.5) is 5.69 Å². The Labute approximate surface area is 191 Å². The maximum Gasteiger partial charge on any atom is 0.291 e. The van der Waals surface area contributed by atoms with E-state index in [1.54, 1.807) is 27.8 Å². The molecular formula is C22H18N6O2S2. The van der Waals surface area contributed by atoms with E-state index in [-0.39, 0.29) is 5.91 Å². The average molecular weight is 463 g/mol. The SMILES string of the molecule is Cc1csc(SCc2c(C(=O)Nc3ccc(C)c(-n4cnnn4)c3)oc3ccccc23)n1. The number of thioether (sulfide) groups is 1. The molecule has 0 radical (unpaired) electrons. The van der Waals surface area contributed by atoms with Crippen LogP contribution in [0.5, 0.6) is 0 Å². The van der Waals surface area contributed by atoms with Crippen LogP contribution in [0, 0.1) is 13.8 Å². The van der Waals surface area contributed by atoms with Crippen LogP contribution in [0.25, 0.3) is 16.7 Å². The minimum Gasteiger partial charge on any atom is -0.451 e. The van der Waals surface area contributed by atoms with E-state index in [2.05, 4.69) is 25.8 Å². The van der Waals surface area contributed by atoms with E-state index in [1.165, 1.54) is 6.33 Å². The zero-order chi connectivity index (χ0) is 22.1. The number of nitrogens with zero attached hydrogens (tertiary/aromatic N) is 5. The van der Waals surface area contributed by atoms with Gasteiger partial charge >= 0.3 is 0 Å². The summed E-state index contributed by atoms with van der Waals surface area (Å²) in [6.45, 7) is 3.93. The van der Waals surface area contributed by atoms with Gasteiger partial charge in [-0.15, -0.1) is 16.4 Å². The summed E-state index contributed by atoms with van der Waals surface area (Å²) in [5, 5.41) is 17.2. The van der Waals surface area contributed by atoms with Crippen molar-refractivity contribution in [1.82, 2.24) is 25.2 Å². The average Bonchev–Trinajstić information content (AvgIpc) is 3.53. The fraction of sp³-hybridized carbons (Fsp3) is 0.136. The number of hydrogen-bond acceptors (Lipinski definition) is 8. The van der Waals surface area contributed by atoms with Crippen LogP contribution < -0.4 is 5.32 Å². The Morgan fingerprint density at radius 3 is 2.88 bits per heavy atom. The maximum absolute atomic E-state index is 13.2. The van der Waals surface area contributed by atoms with Gasteiger partial charge in [-0.3, -0.25) is 4.79 Å². The highest BCUT2D eigenvalue weighted by molar-refractivity contribution is 8.00. The van der Waals surface area contributed by atoms with E-state index in [1.807, 2.05) is 61.7 Å². The van der Waals surface area contributed by atoms with Crippen LogP contribution in [0.15, 0.2) is 62.9 Å². The number of para-hydroxylation sites is 1. The number of carbonyl (C=O) groups is 1. The molecule has 5 rings (SSSR count). The first-order chi connectivity index (χ1) is 15.6. The number of aryl methyl sites for hydroxylation is 2. The van der Waals surface area contributed by atoms with Gasteiger partial charge in [0.2, 0.25) is 0 Å². The summed E-state index contributed by atoms with van der Waals surface area (Å²) in [7, 11) is 0. The van der Waals surface area contributed by atoms with Gasteiger partial charge in [0.25, 0.3) is 5.91 Å². The number of tetrazole rings is 1. The first kappa shape index (κ1) is 20.4. The van der Waals surface area contributed by atoms with Crippen molar-refractivity contribution < 1.29 is 9.21 Å². The standard InChI is InChI=1S/C22H18N6O2S2/c1-13-7-8-15(9-18(13)28-12-23-26-27-28)25-21(29)20-17(11-32-22-24-14(2)10-31-22)16-5-3-4-6-19(16)30-20/h3-10,12H,11H2,1-2H3,(H,25,29). The smallest absolute Gasteiger partial charge is 0.291 e. The van der Waals surface area contributed by atoms with Gasteiger partial charge in [0, 0.05) is 33.5 Å². The molecule has 1 amide bonds. The number of benzene rings is 2. The van der Waals surface area contributed by atoms with Crippen LogP contribution in [0.1, 0.15) is 27.4 Å². The van der Waals surface area contributed by atoms with Gasteiger partial charge in [-0.2, -0.15) is 0 Å². The molecule has 0 atom stereocenters. The lowest BCUT2D eigenvalue weighted by molar-refractivity contribution is 0.0998. The van der Waals surface area contributed by atoms with Gasteiger partial charge in [0.05, 0.1) is 5.69 Å². The number of carbonyl (C=O) groups excluding carboxylic acids is 1. The van der Waals surface area contributed by atoms with Crippen LogP contribution in [0.2, 0.25) is 0 Å². The molecule has 3 aromatic heterocycles. The predicted octanol–water partition coefficient (Wildman–Crippen LogP) is 5.03. The molecule has 5 aromatic rings. The molecule has 0 bridgehead atoms. The summed E-state index contributed by atoms with van der Waals surface area (Å²) >= 11 is 3.19. The quantitative estimate of drug-likeness (QED) is 0.354. The molecule has 8 nitrogen and oxygen atoms in total. The minimum atomic E-state index is -0.307. The molecule has 0 unspecified atom stereocenters. The number of thiazole rings is 1. The number of nitrogens with one attached hydrogen (secondary N) is 1.